The molecule has 0 aliphatic carbocycles. The number of aryl methyl sites for hydroxylation is 1. The van der Waals surface area contributed by atoms with Crippen molar-refractivity contribution in [3.8, 4) is 0 Å². The van der Waals surface area contributed by atoms with Gasteiger partial charge in [-0.2, -0.15) is 0 Å². The van der Waals surface area contributed by atoms with Crippen molar-refractivity contribution in [1.29, 1.82) is 0 Å². The molecule has 2 heterocycles. The maximum atomic E-state index is 13.8. The molecule has 1 aromatic rings. The van der Waals surface area contributed by atoms with Gasteiger partial charge in [-0.05, 0) is 56.6 Å². The number of benzene rings is 1. The Labute approximate surface area is 208 Å². The van der Waals surface area contributed by atoms with Crippen LogP contribution in [0.4, 0.5) is 5.69 Å². The number of rotatable bonds is 10. The molecule has 35 heavy (non-hydrogen) atoms. The summed E-state index contributed by atoms with van der Waals surface area (Å²) in [6.07, 6.45) is 3.25. The van der Waals surface area contributed by atoms with Gasteiger partial charge in [0.15, 0.2) is 0 Å². The molecule has 4 amide bonds. The third-order valence-electron chi connectivity index (χ3n) is 6.97. The van der Waals surface area contributed by atoms with Gasteiger partial charge in [-0.15, -0.1) is 0 Å². The first kappa shape index (κ1) is 26.7. The van der Waals surface area contributed by atoms with E-state index < -0.39 is 29.8 Å². The van der Waals surface area contributed by atoms with E-state index in [0.29, 0.717) is 32.1 Å². The minimum absolute atomic E-state index is 0.0515. The lowest BCUT2D eigenvalue weighted by atomic mass is 9.81. The van der Waals surface area contributed by atoms with Gasteiger partial charge in [0.2, 0.25) is 23.6 Å². The molecule has 3 rings (SSSR count). The standard InChI is InChI=1S/C27H40N4O4/c1-6-8-19(24(28)32)20(13-15(2)3)25(33)30-21-12-11-17-9-7-10-18-14-22(26(34)29-16(4)5)31(23(17)18)27(21)35/h7,9-10,15-16,19-22H,6,8,11-14H2,1-5H3,(H2,28,32)(H,29,34)(H,30,33)/t19-,20+,21-,22-/m0/s1. The molecule has 0 fully saturated rings. The van der Waals surface area contributed by atoms with Crippen molar-refractivity contribution in [2.24, 2.45) is 23.5 Å². The zero-order valence-corrected chi connectivity index (χ0v) is 21.6. The number of para-hydroxylation sites is 1. The third kappa shape index (κ3) is 5.85. The molecular formula is C27H40N4O4. The number of nitrogens with one attached hydrogen (secondary N) is 2. The Bertz CT molecular complexity index is 974. The van der Waals surface area contributed by atoms with E-state index in [0.717, 1.165) is 23.2 Å². The van der Waals surface area contributed by atoms with Crippen LogP contribution in [0.25, 0.3) is 0 Å². The third-order valence-corrected chi connectivity index (χ3v) is 6.97. The summed E-state index contributed by atoms with van der Waals surface area (Å²) in [4.78, 5) is 54.2. The van der Waals surface area contributed by atoms with Crippen LogP contribution in [-0.2, 0) is 32.0 Å². The number of carbonyl (C=O) groups is 4. The lowest BCUT2D eigenvalue weighted by molar-refractivity contribution is -0.136. The molecule has 192 valence electrons. The van der Waals surface area contributed by atoms with Gasteiger partial charge in [0, 0.05) is 24.3 Å². The van der Waals surface area contributed by atoms with E-state index in [1.165, 1.54) is 0 Å². The van der Waals surface area contributed by atoms with Crippen LogP contribution in [0.5, 0.6) is 0 Å². The Morgan fingerprint density at radius 2 is 1.80 bits per heavy atom. The maximum absolute atomic E-state index is 13.8. The van der Waals surface area contributed by atoms with E-state index in [-0.39, 0.29) is 29.7 Å². The number of hydrogen-bond acceptors (Lipinski definition) is 4. The van der Waals surface area contributed by atoms with Crippen molar-refractivity contribution in [2.75, 3.05) is 4.90 Å². The summed E-state index contributed by atoms with van der Waals surface area (Å²) in [5, 5.41) is 5.89. The smallest absolute Gasteiger partial charge is 0.250 e. The highest BCUT2D eigenvalue weighted by Crippen LogP contribution is 2.39. The molecule has 1 aromatic carbocycles. The van der Waals surface area contributed by atoms with Crippen LogP contribution < -0.4 is 21.3 Å². The Morgan fingerprint density at radius 1 is 1.11 bits per heavy atom. The Kier molecular flexibility index (Phi) is 8.56. The summed E-state index contributed by atoms with van der Waals surface area (Å²) in [5.74, 6) is -2.27. The average molecular weight is 485 g/mol. The first-order chi connectivity index (χ1) is 16.5. The van der Waals surface area contributed by atoms with Gasteiger partial charge in [0.25, 0.3) is 0 Å². The van der Waals surface area contributed by atoms with Crippen LogP contribution in [0.15, 0.2) is 18.2 Å². The van der Waals surface area contributed by atoms with Crippen molar-refractivity contribution >= 4 is 29.3 Å². The summed E-state index contributed by atoms with van der Waals surface area (Å²) in [7, 11) is 0. The summed E-state index contributed by atoms with van der Waals surface area (Å²) >= 11 is 0. The normalized spacial score (nSPS) is 20.9. The molecule has 0 saturated carbocycles. The molecule has 0 saturated heterocycles. The van der Waals surface area contributed by atoms with E-state index >= 15 is 0 Å². The molecule has 2 aliphatic rings. The van der Waals surface area contributed by atoms with Gasteiger partial charge >= 0.3 is 0 Å². The van der Waals surface area contributed by atoms with Crippen molar-refractivity contribution in [3.63, 3.8) is 0 Å². The molecule has 4 atom stereocenters. The second-order valence-corrected chi connectivity index (χ2v) is 10.6. The van der Waals surface area contributed by atoms with Crippen LogP contribution in [0.2, 0.25) is 0 Å². The Hall–Kier alpha value is -2.90. The number of primary amides is 1. The van der Waals surface area contributed by atoms with Gasteiger partial charge in [-0.1, -0.05) is 45.4 Å². The Morgan fingerprint density at radius 3 is 2.40 bits per heavy atom. The topological polar surface area (TPSA) is 122 Å². The fourth-order valence-corrected chi connectivity index (χ4v) is 5.45. The largest absolute Gasteiger partial charge is 0.369 e. The predicted octanol–water partition coefficient (Wildman–Crippen LogP) is 2.46. The van der Waals surface area contributed by atoms with Gasteiger partial charge in [0.1, 0.15) is 12.1 Å². The minimum atomic E-state index is -0.778. The Balaban J connectivity index is 1.89. The lowest BCUT2D eigenvalue weighted by Crippen LogP contribution is -2.56. The lowest BCUT2D eigenvalue weighted by Gasteiger charge is -2.30. The molecule has 0 unspecified atom stereocenters. The summed E-state index contributed by atoms with van der Waals surface area (Å²) in [6, 6.07) is 4.42. The maximum Gasteiger partial charge on any atom is 0.250 e. The summed E-state index contributed by atoms with van der Waals surface area (Å²) < 4.78 is 0. The van der Waals surface area contributed by atoms with E-state index in [2.05, 4.69) is 10.6 Å². The molecule has 0 spiro atoms. The number of anilines is 1. The monoisotopic (exact) mass is 484 g/mol. The number of hydrogen-bond donors (Lipinski definition) is 3. The van der Waals surface area contributed by atoms with Crippen LogP contribution in [0.3, 0.4) is 0 Å². The average Bonchev–Trinajstić information content (AvgIpc) is 3.11. The quantitative estimate of drug-likeness (QED) is 0.472. The van der Waals surface area contributed by atoms with E-state index in [4.69, 9.17) is 5.73 Å². The van der Waals surface area contributed by atoms with Crippen molar-refractivity contribution in [2.45, 2.75) is 91.3 Å². The van der Waals surface area contributed by atoms with Crippen molar-refractivity contribution in [3.05, 3.63) is 29.3 Å². The van der Waals surface area contributed by atoms with E-state index in [1.54, 1.807) is 4.90 Å². The fraction of sp³-hybridized carbons (Fsp3) is 0.630. The zero-order chi connectivity index (χ0) is 25.9. The SMILES string of the molecule is CCC[C@H](C(N)=O)[C@@H](CC(C)C)C(=O)N[C@H]1CCc2cccc3c2N(C1=O)[C@H](C(=O)NC(C)C)C3. The molecule has 8 nitrogen and oxygen atoms in total. The molecule has 2 aliphatic heterocycles. The second kappa shape index (κ2) is 11.2. The summed E-state index contributed by atoms with van der Waals surface area (Å²) in [5.41, 5.74) is 8.47. The first-order valence-corrected chi connectivity index (χ1v) is 12.9. The molecule has 0 bridgehead atoms. The molecule has 0 aromatic heterocycles. The van der Waals surface area contributed by atoms with E-state index in [1.807, 2.05) is 52.8 Å². The van der Waals surface area contributed by atoms with Gasteiger partial charge in [-0.25, -0.2) is 0 Å². The molecule has 4 N–H and O–H groups in total. The van der Waals surface area contributed by atoms with E-state index in [9.17, 15) is 19.2 Å². The second-order valence-electron chi connectivity index (χ2n) is 10.6. The molecule has 0 radical (unpaired) electrons. The van der Waals surface area contributed by atoms with Gasteiger partial charge < -0.3 is 16.4 Å². The van der Waals surface area contributed by atoms with Crippen LogP contribution in [0.1, 0.15) is 71.4 Å². The highest BCUT2D eigenvalue weighted by molar-refractivity contribution is 6.08. The number of nitrogens with zero attached hydrogens (tertiary/aromatic N) is 1. The summed E-state index contributed by atoms with van der Waals surface area (Å²) in [6.45, 7) is 9.74. The van der Waals surface area contributed by atoms with Crippen molar-refractivity contribution in [1.82, 2.24) is 10.6 Å². The van der Waals surface area contributed by atoms with Crippen LogP contribution in [0, 0.1) is 17.8 Å². The van der Waals surface area contributed by atoms with Crippen LogP contribution in [-0.4, -0.2) is 41.8 Å². The minimum Gasteiger partial charge on any atom is -0.369 e. The van der Waals surface area contributed by atoms with Gasteiger partial charge in [0.05, 0.1) is 5.69 Å². The highest BCUT2D eigenvalue weighted by atomic mass is 16.2. The number of carbonyl (C=O) groups excluding carboxylic acids is 4. The fourth-order valence-electron chi connectivity index (χ4n) is 5.45. The molecular weight excluding hydrogens is 444 g/mol. The van der Waals surface area contributed by atoms with Crippen molar-refractivity contribution < 1.29 is 19.2 Å². The predicted molar refractivity (Wildman–Crippen MR) is 135 cm³/mol. The zero-order valence-electron chi connectivity index (χ0n) is 21.6. The number of amides is 4. The highest BCUT2D eigenvalue weighted by Gasteiger charge is 2.44. The van der Waals surface area contributed by atoms with Crippen LogP contribution >= 0.6 is 0 Å². The first-order valence-electron chi connectivity index (χ1n) is 12.9. The molecule has 8 heteroatoms. The van der Waals surface area contributed by atoms with Gasteiger partial charge in [-0.3, -0.25) is 24.1 Å². The number of nitrogens with two attached hydrogens (primary N) is 1.